The summed E-state index contributed by atoms with van der Waals surface area (Å²) in [6.07, 6.45) is 3.78. The summed E-state index contributed by atoms with van der Waals surface area (Å²) in [6, 6.07) is 14.8. The molecular formula is C24H21N3O3S. The first-order chi connectivity index (χ1) is 15.0. The highest BCUT2D eigenvalue weighted by Crippen LogP contribution is 2.33. The summed E-state index contributed by atoms with van der Waals surface area (Å²) in [4.78, 5) is 29.2. The van der Waals surface area contributed by atoms with Crippen LogP contribution < -0.4 is 5.32 Å². The number of amides is 1. The number of methoxy groups -OCH3 is 1. The van der Waals surface area contributed by atoms with Crippen molar-refractivity contribution in [3.05, 3.63) is 82.9 Å². The predicted octanol–water partition coefficient (Wildman–Crippen LogP) is 4.81. The fraction of sp³-hybridized carbons (Fsp3) is 0.125. The van der Waals surface area contributed by atoms with Crippen molar-refractivity contribution in [2.75, 3.05) is 7.11 Å². The number of aliphatic imine (C=N–C) groups is 1. The van der Waals surface area contributed by atoms with Crippen LogP contribution in [0.4, 0.5) is 5.69 Å². The van der Waals surface area contributed by atoms with E-state index in [-0.39, 0.29) is 5.91 Å². The molecule has 0 bridgehead atoms. The van der Waals surface area contributed by atoms with Gasteiger partial charge in [-0.15, -0.1) is 6.58 Å². The van der Waals surface area contributed by atoms with Crippen molar-refractivity contribution in [1.29, 1.82) is 0 Å². The third-order valence-electron chi connectivity index (χ3n) is 5.04. The van der Waals surface area contributed by atoms with E-state index in [4.69, 9.17) is 4.74 Å². The average molecular weight is 432 g/mol. The lowest BCUT2D eigenvalue weighted by Gasteiger charge is -2.04. The molecule has 1 amide bonds. The molecule has 0 spiro atoms. The van der Waals surface area contributed by atoms with Gasteiger partial charge in [0, 0.05) is 28.7 Å². The fourth-order valence-corrected chi connectivity index (χ4v) is 4.35. The highest BCUT2D eigenvalue weighted by molar-refractivity contribution is 8.18. The monoisotopic (exact) mass is 431 g/mol. The summed E-state index contributed by atoms with van der Waals surface area (Å²) < 4.78 is 6.89. The number of nitrogens with zero attached hydrogens (tertiary/aromatic N) is 2. The highest BCUT2D eigenvalue weighted by atomic mass is 32.2. The Morgan fingerprint density at radius 3 is 2.68 bits per heavy atom. The fourth-order valence-electron chi connectivity index (χ4n) is 3.52. The quantitative estimate of drug-likeness (QED) is 0.357. The first-order valence-corrected chi connectivity index (χ1v) is 10.5. The van der Waals surface area contributed by atoms with Crippen LogP contribution in [0.15, 0.2) is 71.1 Å². The maximum atomic E-state index is 12.6. The van der Waals surface area contributed by atoms with Crippen LogP contribution in [0, 0.1) is 6.92 Å². The van der Waals surface area contributed by atoms with Crippen molar-refractivity contribution < 1.29 is 14.3 Å². The molecule has 31 heavy (non-hydrogen) atoms. The second kappa shape index (κ2) is 8.65. The van der Waals surface area contributed by atoms with Gasteiger partial charge in [0.05, 0.1) is 23.3 Å². The van der Waals surface area contributed by atoms with E-state index in [1.165, 1.54) is 18.9 Å². The molecular weight excluding hydrogens is 410 g/mol. The molecule has 0 atom stereocenters. The number of amidine groups is 1. The molecule has 3 aromatic rings. The molecule has 1 saturated heterocycles. The van der Waals surface area contributed by atoms with E-state index in [1.807, 2.05) is 31.2 Å². The SMILES string of the molecule is C=CCn1c(C)c(/C=C2\SC(=Nc3ccc(C(=O)OC)cc3)NC2=O)c2ccccc21. The van der Waals surface area contributed by atoms with Gasteiger partial charge in [0.15, 0.2) is 5.17 Å². The molecule has 2 aromatic carbocycles. The topological polar surface area (TPSA) is 72.7 Å². The summed E-state index contributed by atoms with van der Waals surface area (Å²) in [5.74, 6) is -0.589. The Hall–Kier alpha value is -3.58. The Kier molecular flexibility index (Phi) is 5.77. The van der Waals surface area contributed by atoms with E-state index >= 15 is 0 Å². The molecule has 0 aliphatic carbocycles. The molecule has 0 saturated carbocycles. The van der Waals surface area contributed by atoms with Crippen LogP contribution in [0.2, 0.25) is 0 Å². The van der Waals surface area contributed by atoms with Crippen LogP contribution in [0.25, 0.3) is 17.0 Å². The van der Waals surface area contributed by atoms with E-state index in [2.05, 4.69) is 33.6 Å². The van der Waals surface area contributed by atoms with Crippen LogP contribution in [-0.4, -0.2) is 28.7 Å². The number of para-hydroxylation sites is 1. The maximum absolute atomic E-state index is 12.6. The molecule has 6 nitrogen and oxygen atoms in total. The number of hydrogen-bond acceptors (Lipinski definition) is 5. The maximum Gasteiger partial charge on any atom is 0.337 e. The Balaban J connectivity index is 1.65. The van der Waals surface area contributed by atoms with Crippen LogP contribution in [0.5, 0.6) is 0 Å². The molecule has 1 aliphatic heterocycles. The van der Waals surface area contributed by atoms with Crippen LogP contribution in [-0.2, 0) is 16.1 Å². The molecule has 1 aliphatic rings. The summed E-state index contributed by atoms with van der Waals surface area (Å²) in [5, 5.41) is 4.40. The lowest BCUT2D eigenvalue weighted by Crippen LogP contribution is -2.19. The Bertz CT molecular complexity index is 1250. The smallest absolute Gasteiger partial charge is 0.337 e. The van der Waals surface area contributed by atoms with E-state index < -0.39 is 5.97 Å². The van der Waals surface area contributed by atoms with Crippen LogP contribution in [0.3, 0.4) is 0 Å². The number of benzene rings is 2. The van der Waals surface area contributed by atoms with Gasteiger partial charge >= 0.3 is 5.97 Å². The zero-order chi connectivity index (χ0) is 22.0. The van der Waals surface area contributed by atoms with Crippen molar-refractivity contribution in [2.24, 2.45) is 4.99 Å². The molecule has 0 unspecified atom stereocenters. The summed E-state index contributed by atoms with van der Waals surface area (Å²) in [5.41, 5.74) is 4.27. The first-order valence-electron chi connectivity index (χ1n) is 9.68. The van der Waals surface area contributed by atoms with Gasteiger partial charge in [0.1, 0.15) is 0 Å². The zero-order valence-corrected chi connectivity index (χ0v) is 18.0. The number of hydrogen-bond donors (Lipinski definition) is 1. The van der Waals surface area contributed by atoms with Gasteiger partial charge in [-0.05, 0) is 55.1 Å². The number of carbonyl (C=O) groups is 2. The van der Waals surface area contributed by atoms with Crippen LogP contribution >= 0.6 is 11.8 Å². The minimum Gasteiger partial charge on any atom is -0.465 e. The molecule has 2 heterocycles. The van der Waals surface area contributed by atoms with Crippen molar-refractivity contribution in [3.8, 4) is 0 Å². The number of allylic oxidation sites excluding steroid dienone is 1. The van der Waals surface area contributed by atoms with Gasteiger partial charge in [-0.2, -0.15) is 0 Å². The minimum atomic E-state index is -0.404. The van der Waals surface area contributed by atoms with E-state index in [1.54, 1.807) is 24.3 Å². The van der Waals surface area contributed by atoms with Gasteiger partial charge in [0.25, 0.3) is 5.91 Å². The molecule has 4 rings (SSSR count). The number of carbonyl (C=O) groups excluding carboxylic acids is 2. The van der Waals surface area contributed by atoms with Crippen molar-refractivity contribution >= 4 is 51.5 Å². The van der Waals surface area contributed by atoms with Crippen molar-refractivity contribution in [2.45, 2.75) is 13.5 Å². The molecule has 1 aromatic heterocycles. The standard InChI is InChI=1S/C24H21N3O3S/c1-4-13-27-15(2)19(18-7-5-6-8-20(18)27)14-21-22(28)26-24(31-21)25-17-11-9-16(10-12-17)23(29)30-3/h4-12,14H,1,13H2,2-3H3,(H,25,26,28)/b21-14-. The minimum absolute atomic E-state index is 0.185. The number of ether oxygens (including phenoxy) is 1. The Labute approximate surface area is 184 Å². The molecule has 156 valence electrons. The third-order valence-corrected chi connectivity index (χ3v) is 5.95. The average Bonchev–Trinajstić information content (AvgIpc) is 3.26. The largest absolute Gasteiger partial charge is 0.465 e. The Morgan fingerprint density at radius 1 is 1.23 bits per heavy atom. The number of fused-ring (bicyclic) bond motifs is 1. The van der Waals surface area contributed by atoms with E-state index in [9.17, 15) is 9.59 Å². The molecule has 0 radical (unpaired) electrons. The lowest BCUT2D eigenvalue weighted by atomic mass is 10.1. The number of rotatable bonds is 5. The number of esters is 1. The molecule has 1 N–H and O–H groups in total. The predicted molar refractivity (Wildman–Crippen MR) is 125 cm³/mol. The number of aromatic nitrogens is 1. The van der Waals surface area contributed by atoms with E-state index in [0.717, 1.165) is 22.2 Å². The molecule has 7 heteroatoms. The third kappa shape index (κ3) is 4.04. The lowest BCUT2D eigenvalue weighted by molar-refractivity contribution is -0.115. The van der Waals surface area contributed by atoms with Crippen molar-refractivity contribution in [3.63, 3.8) is 0 Å². The molecule has 1 fully saturated rings. The van der Waals surface area contributed by atoms with Gasteiger partial charge in [-0.1, -0.05) is 24.3 Å². The van der Waals surface area contributed by atoms with Gasteiger partial charge in [-0.25, -0.2) is 9.79 Å². The second-order valence-corrected chi connectivity index (χ2v) is 7.97. The Morgan fingerprint density at radius 2 is 1.97 bits per heavy atom. The van der Waals surface area contributed by atoms with E-state index in [0.29, 0.717) is 27.9 Å². The van der Waals surface area contributed by atoms with Gasteiger partial charge in [0.2, 0.25) is 0 Å². The highest BCUT2D eigenvalue weighted by Gasteiger charge is 2.25. The second-order valence-electron chi connectivity index (χ2n) is 6.94. The number of thioether (sulfide) groups is 1. The van der Waals surface area contributed by atoms with Gasteiger partial charge < -0.3 is 14.6 Å². The van der Waals surface area contributed by atoms with Crippen molar-refractivity contribution in [1.82, 2.24) is 9.88 Å². The summed E-state index contributed by atoms with van der Waals surface area (Å²) >= 11 is 1.29. The van der Waals surface area contributed by atoms with Gasteiger partial charge in [-0.3, -0.25) is 4.79 Å². The first kappa shape index (κ1) is 20.7. The summed E-state index contributed by atoms with van der Waals surface area (Å²) in [7, 11) is 1.34. The normalized spacial score (nSPS) is 16.1. The zero-order valence-electron chi connectivity index (χ0n) is 17.2. The summed E-state index contributed by atoms with van der Waals surface area (Å²) in [6.45, 7) is 6.60. The number of nitrogens with one attached hydrogen (secondary N) is 1. The van der Waals surface area contributed by atoms with Crippen LogP contribution in [0.1, 0.15) is 21.6 Å².